The van der Waals surface area contributed by atoms with Gasteiger partial charge in [-0.25, -0.2) is 0 Å². The van der Waals surface area contributed by atoms with Gasteiger partial charge in [0, 0.05) is 29.7 Å². The SMILES string of the molecule is O=C(NC1CCC(CCN2CCC3CNC[C@@H]3C2)CC1)c1cccc2ncccc12. The lowest BCUT2D eigenvalue weighted by Gasteiger charge is -2.36. The molecule has 0 bridgehead atoms. The highest BCUT2D eigenvalue weighted by Crippen LogP contribution is 2.30. The van der Waals surface area contributed by atoms with E-state index in [9.17, 15) is 4.79 Å². The van der Waals surface area contributed by atoms with E-state index in [0.717, 1.165) is 47.1 Å². The zero-order chi connectivity index (χ0) is 20.3. The Labute approximate surface area is 179 Å². The highest BCUT2D eigenvalue weighted by molar-refractivity contribution is 6.06. The zero-order valence-corrected chi connectivity index (χ0v) is 17.9. The largest absolute Gasteiger partial charge is 0.349 e. The fourth-order valence-corrected chi connectivity index (χ4v) is 5.84. The van der Waals surface area contributed by atoms with Crippen LogP contribution in [-0.4, -0.2) is 54.6 Å². The van der Waals surface area contributed by atoms with Crippen molar-refractivity contribution in [1.82, 2.24) is 20.5 Å². The van der Waals surface area contributed by atoms with Crippen LogP contribution < -0.4 is 10.6 Å². The number of amides is 1. The minimum Gasteiger partial charge on any atom is -0.349 e. The van der Waals surface area contributed by atoms with E-state index in [1.165, 1.54) is 58.4 Å². The number of piperidine rings is 1. The predicted molar refractivity (Wildman–Crippen MR) is 120 cm³/mol. The molecule has 1 aliphatic carbocycles. The first-order chi connectivity index (χ1) is 14.8. The molecule has 2 aliphatic heterocycles. The summed E-state index contributed by atoms with van der Waals surface area (Å²) in [6.07, 6.45) is 9.16. The first kappa shape index (κ1) is 20.0. The molecule has 5 heteroatoms. The minimum absolute atomic E-state index is 0.0464. The quantitative estimate of drug-likeness (QED) is 0.799. The molecule has 5 nitrogen and oxygen atoms in total. The molecule has 1 aromatic carbocycles. The highest BCUT2D eigenvalue weighted by Gasteiger charge is 2.33. The Bertz CT molecular complexity index is 871. The van der Waals surface area contributed by atoms with E-state index < -0.39 is 0 Å². The number of carbonyl (C=O) groups is 1. The van der Waals surface area contributed by atoms with E-state index >= 15 is 0 Å². The van der Waals surface area contributed by atoms with E-state index in [1.54, 1.807) is 6.20 Å². The van der Waals surface area contributed by atoms with Crippen LogP contribution in [0.5, 0.6) is 0 Å². The van der Waals surface area contributed by atoms with Gasteiger partial charge in [0.25, 0.3) is 5.91 Å². The van der Waals surface area contributed by atoms with Gasteiger partial charge in [-0.1, -0.05) is 12.1 Å². The fraction of sp³-hybridized carbons (Fsp3) is 0.600. The average Bonchev–Trinajstić information content (AvgIpc) is 3.26. The summed E-state index contributed by atoms with van der Waals surface area (Å²) in [5, 5.41) is 7.80. The normalized spacial score (nSPS) is 29.6. The maximum atomic E-state index is 12.9. The van der Waals surface area contributed by atoms with Crippen molar-refractivity contribution in [2.24, 2.45) is 17.8 Å². The molecular formula is C25H34N4O. The van der Waals surface area contributed by atoms with Gasteiger partial charge in [-0.05, 0) is 101 Å². The van der Waals surface area contributed by atoms with Crippen molar-refractivity contribution in [3.05, 3.63) is 42.1 Å². The number of nitrogens with one attached hydrogen (secondary N) is 2. The number of benzene rings is 1. The summed E-state index contributed by atoms with van der Waals surface area (Å²) in [4.78, 5) is 20.0. The van der Waals surface area contributed by atoms with Crippen LogP contribution in [0.2, 0.25) is 0 Å². The Balaban J connectivity index is 1.08. The molecule has 1 aromatic heterocycles. The third kappa shape index (κ3) is 4.37. The minimum atomic E-state index is 0.0464. The Morgan fingerprint density at radius 2 is 1.93 bits per heavy atom. The van der Waals surface area contributed by atoms with Gasteiger partial charge >= 0.3 is 0 Å². The van der Waals surface area contributed by atoms with Crippen molar-refractivity contribution in [2.75, 3.05) is 32.7 Å². The second-order valence-electron chi connectivity index (χ2n) is 9.62. The van der Waals surface area contributed by atoms with E-state index in [-0.39, 0.29) is 5.91 Å². The number of hydrogen-bond donors (Lipinski definition) is 2. The lowest BCUT2D eigenvalue weighted by Crippen LogP contribution is -2.41. The summed E-state index contributed by atoms with van der Waals surface area (Å²) in [5.41, 5.74) is 1.62. The third-order valence-electron chi connectivity index (χ3n) is 7.71. The number of likely N-dealkylation sites (tertiary alicyclic amines) is 1. The van der Waals surface area contributed by atoms with Crippen LogP contribution in [0, 0.1) is 17.8 Å². The van der Waals surface area contributed by atoms with Crippen LogP contribution in [0.3, 0.4) is 0 Å². The van der Waals surface area contributed by atoms with Gasteiger partial charge in [-0.15, -0.1) is 0 Å². The van der Waals surface area contributed by atoms with Crippen LogP contribution in [0.15, 0.2) is 36.5 Å². The summed E-state index contributed by atoms with van der Waals surface area (Å²) in [6.45, 7) is 6.30. The van der Waals surface area contributed by atoms with Crippen LogP contribution in [0.25, 0.3) is 10.9 Å². The molecule has 2 atom stereocenters. The van der Waals surface area contributed by atoms with Gasteiger partial charge < -0.3 is 15.5 Å². The monoisotopic (exact) mass is 406 g/mol. The van der Waals surface area contributed by atoms with Crippen LogP contribution in [0.1, 0.15) is 48.9 Å². The lowest BCUT2D eigenvalue weighted by molar-refractivity contribution is 0.0919. The van der Waals surface area contributed by atoms with Crippen molar-refractivity contribution >= 4 is 16.8 Å². The number of aromatic nitrogens is 1. The number of hydrogen-bond acceptors (Lipinski definition) is 4. The summed E-state index contributed by atoms with van der Waals surface area (Å²) < 4.78 is 0. The van der Waals surface area contributed by atoms with Crippen LogP contribution in [-0.2, 0) is 0 Å². The summed E-state index contributed by atoms with van der Waals surface area (Å²) in [5.74, 6) is 2.68. The van der Waals surface area contributed by atoms with Gasteiger partial charge in [0.1, 0.15) is 0 Å². The lowest BCUT2D eigenvalue weighted by atomic mass is 9.83. The van der Waals surface area contributed by atoms with E-state index in [2.05, 4.69) is 20.5 Å². The van der Waals surface area contributed by atoms with Gasteiger partial charge in [-0.3, -0.25) is 9.78 Å². The molecule has 160 valence electrons. The van der Waals surface area contributed by atoms with Gasteiger partial charge in [-0.2, -0.15) is 0 Å². The van der Waals surface area contributed by atoms with Crippen molar-refractivity contribution in [3.63, 3.8) is 0 Å². The van der Waals surface area contributed by atoms with Crippen LogP contribution >= 0.6 is 0 Å². The van der Waals surface area contributed by atoms with Crippen molar-refractivity contribution in [3.8, 4) is 0 Å². The molecule has 30 heavy (non-hydrogen) atoms. The summed E-state index contributed by atoms with van der Waals surface area (Å²) in [7, 11) is 0. The maximum Gasteiger partial charge on any atom is 0.252 e. The van der Waals surface area contributed by atoms with Gasteiger partial charge in [0.05, 0.1) is 5.52 Å². The van der Waals surface area contributed by atoms with E-state index in [1.807, 2.05) is 30.3 Å². The first-order valence-electron chi connectivity index (χ1n) is 11.8. The average molecular weight is 407 g/mol. The second kappa shape index (κ2) is 9.03. The Morgan fingerprint density at radius 3 is 2.83 bits per heavy atom. The highest BCUT2D eigenvalue weighted by atomic mass is 16.1. The number of fused-ring (bicyclic) bond motifs is 2. The molecule has 1 unspecified atom stereocenters. The topological polar surface area (TPSA) is 57.3 Å². The first-order valence-corrected chi connectivity index (χ1v) is 11.8. The molecule has 2 aromatic rings. The Hall–Kier alpha value is -1.98. The molecule has 2 saturated heterocycles. The molecule has 3 fully saturated rings. The molecular weight excluding hydrogens is 372 g/mol. The molecule has 1 amide bonds. The standard InChI is InChI=1S/C25H34N4O/c30-25(23-3-1-5-24-22(23)4-2-12-27-24)28-21-8-6-18(7-9-21)10-13-29-14-11-19-15-26-16-20(19)17-29/h1-5,12,18-21,26H,6-11,13-17H2,(H,28,30)/t18?,19?,20-,21?/m1/s1. The van der Waals surface area contributed by atoms with Crippen molar-refractivity contribution in [1.29, 1.82) is 0 Å². The molecule has 1 saturated carbocycles. The number of carbonyl (C=O) groups excluding carboxylic acids is 1. The number of nitrogens with zero attached hydrogens (tertiary/aromatic N) is 2. The molecule has 3 aliphatic rings. The smallest absolute Gasteiger partial charge is 0.252 e. The molecule has 0 radical (unpaired) electrons. The zero-order valence-electron chi connectivity index (χ0n) is 17.9. The van der Waals surface area contributed by atoms with E-state index in [0.29, 0.717) is 6.04 Å². The van der Waals surface area contributed by atoms with Crippen LogP contribution in [0.4, 0.5) is 0 Å². The summed E-state index contributed by atoms with van der Waals surface area (Å²) >= 11 is 0. The maximum absolute atomic E-state index is 12.9. The predicted octanol–water partition coefficient (Wildman–Crippen LogP) is 3.45. The third-order valence-corrected chi connectivity index (χ3v) is 7.71. The fourth-order valence-electron chi connectivity index (χ4n) is 5.84. The van der Waals surface area contributed by atoms with Gasteiger partial charge in [0.2, 0.25) is 0 Å². The summed E-state index contributed by atoms with van der Waals surface area (Å²) in [6, 6.07) is 9.98. The second-order valence-corrected chi connectivity index (χ2v) is 9.62. The molecule has 5 rings (SSSR count). The van der Waals surface area contributed by atoms with Crippen molar-refractivity contribution < 1.29 is 4.79 Å². The number of rotatable bonds is 5. The van der Waals surface area contributed by atoms with Crippen molar-refractivity contribution in [2.45, 2.75) is 44.6 Å². The van der Waals surface area contributed by atoms with E-state index in [4.69, 9.17) is 0 Å². The molecule has 0 spiro atoms. The molecule has 2 N–H and O–H groups in total. The number of pyridine rings is 1. The Morgan fingerprint density at radius 1 is 1.07 bits per heavy atom. The Kier molecular flexibility index (Phi) is 6.00. The van der Waals surface area contributed by atoms with Gasteiger partial charge in [0.15, 0.2) is 0 Å². The molecule has 3 heterocycles.